The first-order chi connectivity index (χ1) is 7.90. The lowest BCUT2D eigenvalue weighted by atomic mass is 10.0. The zero-order valence-corrected chi connectivity index (χ0v) is 12.1. The standard InChI is InChI=1S/C15H26N2/c1-11-7-13(3)15(8-12(11)2)9-16-14(4)10-17(5)6/h7-8,14,16H,9-10H2,1-6H3. The lowest BCUT2D eigenvalue weighted by molar-refractivity contribution is 0.349. The maximum atomic E-state index is 3.58. The molecule has 0 aromatic heterocycles. The van der Waals surface area contributed by atoms with E-state index in [0.29, 0.717) is 6.04 Å². The molecule has 17 heavy (non-hydrogen) atoms. The molecule has 1 N–H and O–H groups in total. The van der Waals surface area contributed by atoms with Crippen LogP contribution in [0.1, 0.15) is 29.2 Å². The summed E-state index contributed by atoms with van der Waals surface area (Å²) in [6.07, 6.45) is 0. The second-order valence-corrected chi connectivity index (χ2v) is 5.41. The van der Waals surface area contributed by atoms with E-state index in [1.54, 1.807) is 0 Å². The van der Waals surface area contributed by atoms with Crippen LogP contribution in [0.2, 0.25) is 0 Å². The van der Waals surface area contributed by atoms with Crippen molar-refractivity contribution in [1.29, 1.82) is 0 Å². The van der Waals surface area contributed by atoms with E-state index >= 15 is 0 Å². The van der Waals surface area contributed by atoms with Gasteiger partial charge in [0.15, 0.2) is 0 Å². The summed E-state index contributed by atoms with van der Waals surface area (Å²) in [5.74, 6) is 0. The van der Waals surface area contributed by atoms with Gasteiger partial charge in [0.05, 0.1) is 0 Å². The number of benzene rings is 1. The monoisotopic (exact) mass is 234 g/mol. The van der Waals surface area contributed by atoms with Gasteiger partial charge >= 0.3 is 0 Å². The third-order valence-corrected chi connectivity index (χ3v) is 3.23. The predicted octanol–water partition coefficient (Wildman–Crippen LogP) is 2.65. The molecular formula is C15H26N2. The molecule has 2 heteroatoms. The first-order valence-electron chi connectivity index (χ1n) is 6.35. The van der Waals surface area contributed by atoms with Gasteiger partial charge in [-0.3, -0.25) is 0 Å². The average Bonchev–Trinajstić information content (AvgIpc) is 2.20. The molecule has 1 aromatic carbocycles. The van der Waals surface area contributed by atoms with Crippen molar-refractivity contribution in [3.8, 4) is 0 Å². The van der Waals surface area contributed by atoms with E-state index in [4.69, 9.17) is 0 Å². The molecule has 0 amide bonds. The maximum absolute atomic E-state index is 3.58. The fraction of sp³-hybridized carbons (Fsp3) is 0.600. The Balaban J connectivity index is 2.60. The third kappa shape index (κ3) is 4.49. The van der Waals surface area contributed by atoms with Crippen LogP contribution in [0.5, 0.6) is 0 Å². The quantitative estimate of drug-likeness (QED) is 0.842. The van der Waals surface area contributed by atoms with Gasteiger partial charge in [-0.15, -0.1) is 0 Å². The van der Waals surface area contributed by atoms with Crippen molar-refractivity contribution in [3.63, 3.8) is 0 Å². The number of nitrogens with zero attached hydrogens (tertiary/aromatic N) is 1. The summed E-state index contributed by atoms with van der Waals surface area (Å²) in [6.45, 7) is 10.8. The van der Waals surface area contributed by atoms with E-state index < -0.39 is 0 Å². The SMILES string of the molecule is Cc1cc(C)c(CNC(C)CN(C)C)cc1C. The topological polar surface area (TPSA) is 15.3 Å². The molecule has 0 heterocycles. The highest BCUT2D eigenvalue weighted by molar-refractivity contribution is 5.36. The molecule has 2 nitrogen and oxygen atoms in total. The van der Waals surface area contributed by atoms with Crippen molar-refractivity contribution in [2.45, 2.75) is 40.3 Å². The van der Waals surface area contributed by atoms with Gasteiger partial charge in [-0.25, -0.2) is 0 Å². The summed E-state index contributed by atoms with van der Waals surface area (Å²) in [5, 5.41) is 3.58. The molecular weight excluding hydrogens is 208 g/mol. The second kappa shape index (κ2) is 6.18. The zero-order valence-electron chi connectivity index (χ0n) is 12.1. The Morgan fingerprint density at radius 3 is 2.24 bits per heavy atom. The molecule has 96 valence electrons. The minimum absolute atomic E-state index is 0.519. The summed E-state index contributed by atoms with van der Waals surface area (Å²) < 4.78 is 0. The predicted molar refractivity (Wildman–Crippen MR) is 75.5 cm³/mol. The largest absolute Gasteiger partial charge is 0.309 e. The van der Waals surface area contributed by atoms with Crippen LogP contribution < -0.4 is 5.32 Å². The van der Waals surface area contributed by atoms with Gasteiger partial charge in [0.25, 0.3) is 0 Å². The van der Waals surface area contributed by atoms with E-state index in [1.807, 2.05) is 0 Å². The van der Waals surface area contributed by atoms with E-state index in [9.17, 15) is 0 Å². The number of aryl methyl sites for hydroxylation is 3. The van der Waals surface area contributed by atoms with Gasteiger partial charge in [-0.05, 0) is 64.0 Å². The molecule has 1 unspecified atom stereocenters. The highest BCUT2D eigenvalue weighted by Crippen LogP contribution is 2.15. The maximum Gasteiger partial charge on any atom is 0.0211 e. The van der Waals surface area contributed by atoms with Crippen molar-refractivity contribution >= 4 is 0 Å². The molecule has 1 aromatic rings. The number of likely N-dealkylation sites (N-methyl/N-ethyl adjacent to an activating group) is 1. The van der Waals surface area contributed by atoms with Crippen molar-refractivity contribution < 1.29 is 0 Å². The lowest BCUT2D eigenvalue weighted by Crippen LogP contribution is -2.35. The van der Waals surface area contributed by atoms with Crippen LogP contribution in [0, 0.1) is 20.8 Å². The molecule has 0 spiro atoms. The molecule has 0 fully saturated rings. The van der Waals surface area contributed by atoms with Gasteiger partial charge in [-0.1, -0.05) is 12.1 Å². The van der Waals surface area contributed by atoms with Crippen LogP contribution in [-0.4, -0.2) is 31.6 Å². The highest BCUT2D eigenvalue weighted by Gasteiger charge is 2.05. The summed E-state index contributed by atoms with van der Waals surface area (Å²) in [4.78, 5) is 2.21. The molecule has 1 atom stereocenters. The fourth-order valence-electron chi connectivity index (χ4n) is 2.11. The first-order valence-corrected chi connectivity index (χ1v) is 6.35. The molecule has 0 radical (unpaired) electrons. The van der Waals surface area contributed by atoms with E-state index in [1.165, 1.54) is 22.3 Å². The Labute approximate surface area is 106 Å². The Kier molecular flexibility index (Phi) is 5.16. The fourth-order valence-corrected chi connectivity index (χ4v) is 2.11. The van der Waals surface area contributed by atoms with Gasteiger partial charge in [0.2, 0.25) is 0 Å². The summed E-state index contributed by atoms with van der Waals surface area (Å²) >= 11 is 0. The lowest BCUT2D eigenvalue weighted by Gasteiger charge is -2.19. The van der Waals surface area contributed by atoms with Crippen LogP contribution in [0.15, 0.2) is 12.1 Å². The van der Waals surface area contributed by atoms with Gasteiger partial charge < -0.3 is 10.2 Å². The zero-order chi connectivity index (χ0) is 13.0. The van der Waals surface area contributed by atoms with Crippen molar-refractivity contribution in [2.75, 3.05) is 20.6 Å². The third-order valence-electron chi connectivity index (χ3n) is 3.23. The van der Waals surface area contributed by atoms with Crippen molar-refractivity contribution in [1.82, 2.24) is 10.2 Å². The van der Waals surface area contributed by atoms with Gasteiger partial charge in [0.1, 0.15) is 0 Å². The minimum Gasteiger partial charge on any atom is -0.309 e. The Morgan fingerprint density at radius 2 is 1.65 bits per heavy atom. The molecule has 0 saturated carbocycles. The molecule has 0 aliphatic carbocycles. The smallest absolute Gasteiger partial charge is 0.0211 e. The van der Waals surface area contributed by atoms with Crippen molar-refractivity contribution in [3.05, 3.63) is 34.4 Å². The highest BCUT2D eigenvalue weighted by atomic mass is 15.1. The Morgan fingerprint density at radius 1 is 1.06 bits per heavy atom. The van der Waals surface area contributed by atoms with Crippen LogP contribution in [0.3, 0.4) is 0 Å². The molecule has 0 aliphatic heterocycles. The Hall–Kier alpha value is -0.860. The van der Waals surface area contributed by atoms with Crippen LogP contribution in [-0.2, 0) is 6.54 Å². The second-order valence-electron chi connectivity index (χ2n) is 5.41. The minimum atomic E-state index is 0.519. The summed E-state index contributed by atoms with van der Waals surface area (Å²) in [5.41, 5.74) is 5.57. The van der Waals surface area contributed by atoms with E-state index in [-0.39, 0.29) is 0 Å². The van der Waals surface area contributed by atoms with E-state index in [0.717, 1.165) is 13.1 Å². The molecule has 0 aliphatic rings. The number of nitrogens with one attached hydrogen (secondary N) is 1. The van der Waals surface area contributed by atoms with Crippen LogP contribution in [0.4, 0.5) is 0 Å². The molecule has 0 saturated heterocycles. The van der Waals surface area contributed by atoms with Crippen LogP contribution in [0.25, 0.3) is 0 Å². The molecule has 0 bridgehead atoms. The number of hydrogen-bond donors (Lipinski definition) is 1. The average molecular weight is 234 g/mol. The normalized spacial score (nSPS) is 13.1. The number of hydrogen-bond acceptors (Lipinski definition) is 2. The van der Waals surface area contributed by atoms with Gasteiger partial charge in [-0.2, -0.15) is 0 Å². The Bertz CT molecular complexity index is 369. The van der Waals surface area contributed by atoms with Crippen molar-refractivity contribution in [2.24, 2.45) is 0 Å². The first kappa shape index (κ1) is 14.2. The molecule has 1 rings (SSSR count). The van der Waals surface area contributed by atoms with Crippen LogP contribution >= 0.6 is 0 Å². The van der Waals surface area contributed by atoms with E-state index in [2.05, 4.69) is 64.1 Å². The van der Waals surface area contributed by atoms with Gasteiger partial charge in [0, 0.05) is 19.1 Å². The number of rotatable bonds is 5. The summed E-state index contributed by atoms with van der Waals surface area (Å²) in [7, 11) is 4.22. The summed E-state index contributed by atoms with van der Waals surface area (Å²) in [6, 6.07) is 5.11.